The minimum absolute atomic E-state index is 0. The number of aliphatic imine (C=N–C) groups is 1. The number of piperazine rings is 1. The molecule has 1 N–H and O–H groups in total. The van der Waals surface area contributed by atoms with E-state index in [1.807, 2.05) is 19.2 Å². The smallest absolute Gasteiger partial charge is 0.222 e. The highest BCUT2D eigenvalue weighted by atomic mass is 127. The number of guanidine groups is 1. The maximum absolute atomic E-state index is 12.0. The summed E-state index contributed by atoms with van der Waals surface area (Å²) < 4.78 is 5.25. The third-order valence-corrected chi connectivity index (χ3v) is 6.01. The van der Waals surface area contributed by atoms with Crippen molar-refractivity contribution in [1.29, 1.82) is 0 Å². The highest BCUT2D eigenvalue weighted by molar-refractivity contribution is 14.0. The van der Waals surface area contributed by atoms with Crippen molar-refractivity contribution in [3.8, 4) is 5.75 Å². The zero-order chi connectivity index (χ0) is 20.6. The molecule has 2 aliphatic rings. The predicted molar refractivity (Wildman–Crippen MR) is 133 cm³/mol. The number of benzene rings is 1. The second-order valence-electron chi connectivity index (χ2n) is 7.69. The first-order valence-electron chi connectivity index (χ1n) is 10.8. The van der Waals surface area contributed by atoms with Crippen LogP contribution in [0.4, 0.5) is 5.69 Å². The van der Waals surface area contributed by atoms with Crippen molar-refractivity contribution < 1.29 is 9.53 Å². The second-order valence-corrected chi connectivity index (χ2v) is 7.69. The van der Waals surface area contributed by atoms with Crippen LogP contribution in [0.15, 0.2) is 29.3 Å². The molecule has 2 saturated heterocycles. The van der Waals surface area contributed by atoms with Crippen molar-refractivity contribution in [2.45, 2.75) is 38.6 Å². The summed E-state index contributed by atoms with van der Waals surface area (Å²) in [6.45, 7) is 7.73. The van der Waals surface area contributed by atoms with Crippen molar-refractivity contribution >= 4 is 41.5 Å². The molecular weight excluding hydrogens is 493 g/mol. The lowest BCUT2D eigenvalue weighted by molar-refractivity contribution is -0.129. The van der Waals surface area contributed by atoms with Crippen LogP contribution >= 0.6 is 24.0 Å². The molecule has 0 aromatic heterocycles. The summed E-state index contributed by atoms with van der Waals surface area (Å²) >= 11 is 0. The fourth-order valence-electron chi connectivity index (χ4n) is 4.29. The van der Waals surface area contributed by atoms with E-state index >= 15 is 0 Å². The Kier molecular flexibility index (Phi) is 10.0. The largest absolute Gasteiger partial charge is 0.497 e. The van der Waals surface area contributed by atoms with Gasteiger partial charge in [0.25, 0.3) is 0 Å². The number of hydrogen-bond donors (Lipinski definition) is 1. The van der Waals surface area contributed by atoms with Gasteiger partial charge < -0.3 is 24.8 Å². The lowest BCUT2D eigenvalue weighted by Crippen LogP contribution is -2.53. The molecule has 1 aromatic rings. The van der Waals surface area contributed by atoms with E-state index in [1.54, 1.807) is 7.11 Å². The first-order valence-corrected chi connectivity index (χ1v) is 10.8. The van der Waals surface area contributed by atoms with Gasteiger partial charge in [0, 0.05) is 64.5 Å². The standard InChI is InChI=1S/C22H35N5O2.HI/c1-4-18(27-13-5-6-21(27)28)11-12-24-22(23-2)26-16-14-25(15-17-26)19-7-9-20(29-3)10-8-19;/h7-10,18H,4-6,11-17H2,1-3H3,(H,23,24);1H. The molecule has 7 nitrogen and oxygen atoms in total. The second kappa shape index (κ2) is 12.2. The summed E-state index contributed by atoms with van der Waals surface area (Å²) in [6.07, 6.45) is 3.69. The van der Waals surface area contributed by atoms with E-state index in [0.717, 1.165) is 70.2 Å². The third-order valence-electron chi connectivity index (χ3n) is 6.01. The maximum Gasteiger partial charge on any atom is 0.222 e. The molecule has 0 saturated carbocycles. The minimum atomic E-state index is 0. The topological polar surface area (TPSA) is 60.4 Å². The Balaban J connectivity index is 0.00000320. The minimum Gasteiger partial charge on any atom is -0.497 e. The van der Waals surface area contributed by atoms with Gasteiger partial charge in [-0.15, -0.1) is 24.0 Å². The molecule has 1 unspecified atom stereocenters. The lowest BCUT2D eigenvalue weighted by atomic mass is 10.1. The molecule has 2 fully saturated rings. The molecule has 0 bridgehead atoms. The van der Waals surface area contributed by atoms with E-state index in [-0.39, 0.29) is 24.0 Å². The van der Waals surface area contributed by atoms with Crippen LogP contribution in [-0.2, 0) is 4.79 Å². The summed E-state index contributed by atoms with van der Waals surface area (Å²) in [5.41, 5.74) is 1.23. The Bertz CT molecular complexity index is 689. The van der Waals surface area contributed by atoms with Gasteiger partial charge >= 0.3 is 0 Å². The average molecular weight is 529 g/mol. The van der Waals surface area contributed by atoms with Gasteiger partial charge in [-0.1, -0.05) is 6.92 Å². The van der Waals surface area contributed by atoms with E-state index in [9.17, 15) is 4.79 Å². The molecule has 30 heavy (non-hydrogen) atoms. The zero-order valence-corrected chi connectivity index (χ0v) is 20.8. The Morgan fingerprint density at radius 1 is 1.17 bits per heavy atom. The molecule has 2 heterocycles. The number of carbonyl (C=O) groups excluding carboxylic acids is 1. The first kappa shape index (κ1) is 24.6. The van der Waals surface area contributed by atoms with Crippen molar-refractivity contribution in [3.63, 3.8) is 0 Å². The number of nitrogens with zero attached hydrogens (tertiary/aromatic N) is 4. The van der Waals surface area contributed by atoms with Crippen molar-refractivity contribution in [3.05, 3.63) is 24.3 Å². The lowest BCUT2D eigenvalue weighted by Gasteiger charge is -2.38. The number of likely N-dealkylation sites (tertiary alicyclic amines) is 1. The van der Waals surface area contributed by atoms with Crippen molar-refractivity contribution in [1.82, 2.24) is 15.1 Å². The molecular formula is C22H36IN5O2. The zero-order valence-electron chi connectivity index (χ0n) is 18.5. The predicted octanol–water partition coefficient (Wildman–Crippen LogP) is 2.80. The van der Waals surface area contributed by atoms with E-state index in [0.29, 0.717) is 18.4 Å². The quantitative estimate of drug-likeness (QED) is 0.335. The monoisotopic (exact) mass is 529 g/mol. The fourth-order valence-corrected chi connectivity index (χ4v) is 4.29. The van der Waals surface area contributed by atoms with Crippen LogP contribution in [-0.4, -0.2) is 81.1 Å². The number of anilines is 1. The normalized spacial score (nSPS) is 18.3. The Morgan fingerprint density at radius 2 is 1.87 bits per heavy atom. The van der Waals surface area contributed by atoms with Crippen LogP contribution in [0.25, 0.3) is 0 Å². The van der Waals surface area contributed by atoms with Gasteiger partial charge in [0.1, 0.15) is 5.75 Å². The van der Waals surface area contributed by atoms with Gasteiger partial charge in [0.15, 0.2) is 5.96 Å². The Hall–Kier alpha value is -1.71. The van der Waals surface area contributed by atoms with Gasteiger partial charge in [-0.3, -0.25) is 9.79 Å². The maximum atomic E-state index is 12.0. The number of rotatable bonds is 7. The van der Waals surface area contributed by atoms with Crippen LogP contribution in [0.1, 0.15) is 32.6 Å². The van der Waals surface area contributed by atoms with Crippen LogP contribution in [0, 0.1) is 0 Å². The summed E-state index contributed by atoms with van der Waals surface area (Å²) in [4.78, 5) is 23.3. The number of methoxy groups -OCH3 is 1. The molecule has 0 radical (unpaired) electrons. The first-order chi connectivity index (χ1) is 14.2. The van der Waals surface area contributed by atoms with Gasteiger partial charge in [-0.25, -0.2) is 0 Å². The summed E-state index contributed by atoms with van der Waals surface area (Å²) in [5, 5.41) is 3.51. The molecule has 1 atom stereocenters. The Morgan fingerprint density at radius 3 is 2.40 bits per heavy atom. The van der Waals surface area contributed by atoms with E-state index in [1.165, 1.54) is 5.69 Å². The summed E-state index contributed by atoms with van der Waals surface area (Å²) in [7, 11) is 3.54. The van der Waals surface area contributed by atoms with Crippen LogP contribution in [0.2, 0.25) is 0 Å². The number of hydrogen-bond acceptors (Lipinski definition) is 4. The summed E-state index contributed by atoms with van der Waals surface area (Å²) in [5.74, 6) is 2.16. The number of carbonyl (C=O) groups is 1. The average Bonchev–Trinajstić information content (AvgIpc) is 3.20. The van der Waals surface area contributed by atoms with Crippen molar-refractivity contribution in [2.24, 2.45) is 4.99 Å². The van der Waals surface area contributed by atoms with Gasteiger partial charge in [-0.05, 0) is 43.5 Å². The van der Waals surface area contributed by atoms with Gasteiger partial charge in [-0.2, -0.15) is 0 Å². The fraction of sp³-hybridized carbons (Fsp3) is 0.636. The van der Waals surface area contributed by atoms with E-state index < -0.39 is 0 Å². The molecule has 0 spiro atoms. The van der Waals surface area contributed by atoms with Crippen LogP contribution in [0.3, 0.4) is 0 Å². The van der Waals surface area contributed by atoms with E-state index in [2.05, 4.69) is 44.1 Å². The molecule has 1 aromatic carbocycles. The SMILES string of the molecule is CCC(CCNC(=NC)N1CCN(c2ccc(OC)cc2)CC1)N1CCCC1=O.I. The van der Waals surface area contributed by atoms with Crippen molar-refractivity contribution in [2.75, 3.05) is 58.3 Å². The Labute approximate surface area is 197 Å². The number of nitrogens with one attached hydrogen (secondary N) is 1. The molecule has 8 heteroatoms. The highest BCUT2D eigenvalue weighted by Crippen LogP contribution is 2.21. The summed E-state index contributed by atoms with van der Waals surface area (Å²) in [6, 6.07) is 8.59. The van der Waals surface area contributed by atoms with Crippen LogP contribution < -0.4 is 15.0 Å². The molecule has 3 rings (SSSR count). The molecule has 0 aliphatic carbocycles. The van der Waals surface area contributed by atoms with Gasteiger partial charge in [0.2, 0.25) is 5.91 Å². The highest BCUT2D eigenvalue weighted by Gasteiger charge is 2.26. The number of halogens is 1. The molecule has 1 amide bonds. The van der Waals surface area contributed by atoms with Crippen LogP contribution in [0.5, 0.6) is 5.75 Å². The third kappa shape index (κ3) is 6.15. The van der Waals surface area contributed by atoms with E-state index in [4.69, 9.17) is 4.74 Å². The number of ether oxygens (including phenoxy) is 1. The molecule has 2 aliphatic heterocycles. The van der Waals surface area contributed by atoms with Gasteiger partial charge in [0.05, 0.1) is 7.11 Å². The molecule has 168 valence electrons. The number of amides is 1.